The molecule has 2 nitrogen and oxygen atoms in total. The van der Waals surface area contributed by atoms with Gasteiger partial charge in [0.2, 0.25) is 0 Å². The van der Waals surface area contributed by atoms with Crippen LogP contribution in [-0.2, 0) is 0 Å². The second kappa shape index (κ2) is 5.27. The highest BCUT2D eigenvalue weighted by Crippen LogP contribution is 2.39. The molecule has 1 aliphatic rings. The molecule has 5 heteroatoms. The Bertz CT molecular complexity index is 550. The highest BCUT2D eigenvalue weighted by Gasteiger charge is 2.23. The van der Waals surface area contributed by atoms with Gasteiger partial charge in [0.25, 0.3) is 0 Å². The Morgan fingerprint density at radius 2 is 2.06 bits per heavy atom. The SMILES string of the molecule is Clc1nc(-c2ccsc2)nc(C2CCCC2)c1Br. The number of hydrogen-bond donors (Lipinski definition) is 0. The smallest absolute Gasteiger partial charge is 0.162 e. The van der Waals surface area contributed by atoms with Crippen LogP contribution in [0.5, 0.6) is 0 Å². The molecule has 0 aromatic carbocycles. The predicted molar refractivity (Wildman–Crippen MR) is 79.3 cm³/mol. The second-order valence-electron chi connectivity index (χ2n) is 4.53. The summed E-state index contributed by atoms with van der Waals surface area (Å²) >= 11 is 11.4. The van der Waals surface area contributed by atoms with Gasteiger partial charge >= 0.3 is 0 Å². The van der Waals surface area contributed by atoms with E-state index in [4.69, 9.17) is 16.6 Å². The Morgan fingerprint density at radius 3 is 2.72 bits per heavy atom. The first kappa shape index (κ1) is 12.6. The van der Waals surface area contributed by atoms with Gasteiger partial charge in [-0.2, -0.15) is 11.3 Å². The summed E-state index contributed by atoms with van der Waals surface area (Å²) in [5, 5.41) is 4.61. The van der Waals surface area contributed by atoms with Crippen molar-refractivity contribution in [3.05, 3.63) is 32.1 Å². The third-order valence-electron chi connectivity index (χ3n) is 3.36. The Hall–Kier alpha value is -0.450. The number of hydrogen-bond acceptors (Lipinski definition) is 3. The van der Waals surface area contributed by atoms with Gasteiger partial charge < -0.3 is 0 Å². The summed E-state index contributed by atoms with van der Waals surface area (Å²) in [5.74, 6) is 1.27. The molecule has 2 aromatic rings. The fraction of sp³-hybridized carbons (Fsp3) is 0.385. The fourth-order valence-electron chi connectivity index (χ4n) is 2.43. The minimum atomic E-state index is 0.521. The molecule has 0 aliphatic heterocycles. The molecule has 1 saturated carbocycles. The molecule has 0 N–H and O–H groups in total. The van der Waals surface area contributed by atoms with Gasteiger partial charge in [-0.3, -0.25) is 0 Å². The third-order valence-corrected chi connectivity index (χ3v) is 5.32. The summed E-state index contributed by atoms with van der Waals surface area (Å²) in [6.07, 6.45) is 4.98. The molecule has 1 aliphatic carbocycles. The number of thiophene rings is 1. The van der Waals surface area contributed by atoms with E-state index in [1.54, 1.807) is 11.3 Å². The van der Waals surface area contributed by atoms with Crippen LogP contribution in [0.15, 0.2) is 21.3 Å². The van der Waals surface area contributed by atoms with Crippen LogP contribution >= 0.6 is 38.9 Å². The largest absolute Gasteiger partial charge is 0.231 e. The molecular weight excluding hydrogens is 332 g/mol. The van der Waals surface area contributed by atoms with Crippen molar-refractivity contribution in [1.82, 2.24) is 9.97 Å². The van der Waals surface area contributed by atoms with Gasteiger partial charge in [0.05, 0.1) is 10.2 Å². The van der Waals surface area contributed by atoms with Crippen LogP contribution in [-0.4, -0.2) is 9.97 Å². The van der Waals surface area contributed by atoms with Crippen LogP contribution in [0.4, 0.5) is 0 Å². The predicted octanol–water partition coefficient (Wildman–Crippen LogP) is 5.28. The molecule has 0 radical (unpaired) electrons. The zero-order valence-electron chi connectivity index (χ0n) is 9.70. The van der Waals surface area contributed by atoms with Crippen molar-refractivity contribution in [3.63, 3.8) is 0 Å². The van der Waals surface area contributed by atoms with E-state index in [1.165, 1.54) is 25.7 Å². The maximum absolute atomic E-state index is 6.22. The number of halogens is 2. The van der Waals surface area contributed by atoms with Crippen LogP contribution in [0, 0.1) is 0 Å². The highest BCUT2D eigenvalue weighted by molar-refractivity contribution is 9.10. The Kier molecular flexibility index (Phi) is 3.68. The molecule has 0 unspecified atom stereocenters. The molecule has 94 valence electrons. The molecule has 3 rings (SSSR count). The van der Waals surface area contributed by atoms with Crippen LogP contribution in [0.1, 0.15) is 37.3 Å². The van der Waals surface area contributed by atoms with Gasteiger partial charge in [0.15, 0.2) is 5.82 Å². The van der Waals surface area contributed by atoms with Crippen molar-refractivity contribution in [2.45, 2.75) is 31.6 Å². The molecule has 0 amide bonds. The summed E-state index contributed by atoms with van der Waals surface area (Å²) in [7, 11) is 0. The molecule has 0 spiro atoms. The summed E-state index contributed by atoms with van der Waals surface area (Å²) in [5.41, 5.74) is 2.13. The lowest BCUT2D eigenvalue weighted by Crippen LogP contribution is -2.02. The molecule has 1 fully saturated rings. The van der Waals surface area contributed by atoms with Crippen LogP contribution in [0.3, 0.4) is 0 Å². The standard InChI is InChI=1S/C13H12BrClN2S/c14-10-11(8-3-1-2-4-8)16-13(17-12(10)15)9-5-6-18-7-9/h5-8H,1-4H2. The molecule has 2 heterocycles. The molecule has 0 saturated heterocycles. The average Bonchev–Trinajstić information content (AvgIpc) is 3.03. The minimum absolute atomic E-state index is 0.521. The van der Waals surface area contributed by atoms with Gasteiger partial charge in [-0.15, -0.1) is 0 Å². The average molecular weight is 344 g/mol. The first-order valence-electron chi connectivity index (χ1n) is 6.01. The van der Waals surface area contributed by atoms with E-state index in [-0.39, 0.29) is 0 Å². The first-order valence-corrected chi connectivity index (χ1v) is 8.12. The molecule has 0 bridgehead atoms. The van der Waals surface area contributed by atoms with E-state index in [0.717, 1.165) is 21.6 Å². The second-order valence-corrected chi connectivity index (χ2v) is 6.46. The lowest BCUT2D eigenvalue weighted by molar-refractivity contribution is 0.691. The first-order chi connectivity index (χ1) is 8.75. The zero-order valence-corrected chi connectivity index (χ0v) is 12.9. The van der Waals surface area contributed by atoms with Gasteiger partial charge in [0, 0.05) is 16.9 Å². The zero-order chi connectivity index (χ0) is 12.5. The summed E-state index contributed by atoms with van der Waals surface area (Å²) < 4.78 is 0.870. The normalized spacial score (nSPS) is 16.3. The van der Waals surface area contributed by atoms with Crippen molar-refractivity contribution in [1.29, 1.82) is 0 Å². The van der Waals surface area contributed by atoms with Gasteiger partial charge in [0.1, 0.15) is 5.15 Å². The summed E-state index contributed by atoms with van der Waals surface area (Å²) in [4.78, 5) is 9.08. The highest BCUT2D eigenvalue weighted by atomic mass is 79.9. The van der Waals surface area contributed by atoms with E-state index in [9.17, 15) is 0 Å². The van der Waals surface area contributed by atoms with Gasteiger partial charge in [-0.25, -0.2) is 9.97 Å². The van der Waals surface area contributed by atoms with E-state index in [1.807, 2.05) is 11.4 Å². The maximum Gasteiger partial charge on any atom is 0.162 e. The van der Waals surface area contributed by atoms with Gasteiger partial charge in [-0.05, 0) is 40.2 Å². The minimum Gasteiger partial charge on any atom is -0.231 e. The van der Waals surface area contributed by atoms with Crippen LogP contribution in [0.2, 0.25) is 5.15 Å². The topological polar surface area (TPSA) is 25.8 Å². The van der Waals surface area contributed by atoms with Crippen molar-refractivity contribution < 1.29 is 0 Å². The number of aromatic nitrogens is 2. The lowest BCUT2D eigenvalue weighted by atomic mass is 10.0. The Morgan fingerprint density at radius 1 is 1.28 bits per heavy atom. The van der Waals surface area contributed by atoms with Crippen molar-refractivity contribution in [2.24, 2.45) is 0 Å². The van der Waals surface area contributed by atoms with Crippen molar-refractivity contribution >= 4 is 38.9 Å². The summed E-state index contributed by atoms with van der Waals surface area (Å²) in [6.45, 7) is 0. The summed E-state index contributed by atoms with van der Waals surface area (Å²) in [6, 6.07) is 2.03. The van der Waals surface area contributed by atoms with Crippen LogP contribution < -0.4 is 0 Å². The van der Waals surface area contributed by atoms with E-state index in [0.29, 0.717) is 11.1 Å². The van der Waals surface area contributed by atoms with Crippen molar-refractivity contribution in [2.75, 3.05) is 0 Å². The Balaban J connectivity index is 2.07. The van der Waals surface area contributed by atoms with Crippen molar-refractivity contribution in [3.8, 4) is 11.4 Å². The molecule has 18 heavy (non-hydrogen) atoms. The van der Waals surface area contributed by atoms with E-state index in [2.05, 4.69) is 26.3 Å². The fourth-order valence-corrected chi connectivity index (χ4v) is 3.74. The van der Waals surface area contributed by atoms with Gasteiger partial charge in [-0.1, -0.05) is 24.4 Å². The maximum atomic E-state index is 6.22. The number of nitrogens with zero attached hydrogens (tertiary/aromatic N) is 2. The molecular formula is C13H12BrClN2S. The van der Waals surface area contributed by atoms with E-state index >= 15 is 0 Å². The van der Waals surface area contributed by atoms with Crippen LogP contribution in [0.25, 0.3) is 11.4 Å². The third kappa shape index (κ3) is 2.33. The Labute approximate surface area is 124 Å². The quantitative estimate of drug-likeness (QED) is 0.693. The molecule has 2 aromatic heterocycles. The number of rotatable bonds is 2. The van der Waals surface area contributed by atoms with E-state index < -0.39 is 0 Å². The molecule has 0 atom stereocenters. The lowest BCUT2D eigenvalue weighted by Gasteiger charge is -2.12. The monoisotopic (exact) mass is 342 g/mol.